The Bertz CT molecular complexity index is 893. The zero-order valence-electron chi connectivity index (χ0n) is 13.3. The van der Waals surface area contributed by atoms with Crippen LogP contribution in [-0.4, -0.2) is 16.1 Å². The number of fused-ring (bicyclic) bond motifs is 1. The Balaban J connectivity index is 1.73. The van der Waals surface area contributed by atoms with E-state index >= 15 is 0 Å². The van der Waals surface area contributed by atoms with Gasteiger partial charge < -0.3 is 9.84 Å². The number of nitrogens with zero attached hydrogens (tertiary/aromatic N) is 1. The van der Waals surface area contributed by atoms with E-state index in [2.05, 4.69) is 4.98 Å². The minimum absolute atomic E-state index is 0.306. The quantitative estimate of drug-likeness (QED) is 0.712. The monoisotopic (exact) mass is 319 g/mol. The molecule has 0 saturated heterocycles. The number of rotatable bonds is 5. The van der Waals surface area contributed by atoms with Gasteiger partial charge in [-0.05, 0) is 36.3 Å². The molecule has 0 radical (unpaired) electrons. The van der Waals surface area contributed by atoms with E-state index in [1.807, 2.05) is 54.6 Å². The normalized spacial score (nSPS) is 11.5. The molecule has 4 heteroatoms. The molecule has 0 saturated carbocycles. The number of hydrogen-bond donors (Lipinski definition) is 1. The van der Waals surface area contributed by atoms with Crippen molar-refractivity contribution in [3.05, 3.63) is 77.5 Å². The van der Waals surface area contributed by atoms with Gasteiger partial charge in [0.15, 0.2) is 0 Å². The van der Waals surface area contributed by atoms with Crippen LogP contribution in [0.4, 0.5) is 0 Å². The lowest BCUT2D eigenvalue weighted by molar-refractivity contribution is -0.132. The second-order valence-electron chi connectivity index (χ2n) is 5.49. The molecule has 0 atom stereocenters. The van der Waals surface area contributed by atoms with Gasteiger partial charge in [-0.15, -0.1) is 0 Å². The van der Waals surface area contributed by atoms with Crippen molar-refractivity contribution in [2.24, 2.45) is 0 Å². The van der Waals surface area contributed by atoms with Crippen LogP contribution >= 0.6 is 0 Å². The molecular formula is C20H17NO3. The van der Waals surface area contributed by atoms with E-state index in [9.17, 15) is 4.79 Å². The summed E-state index contributed by atoms with van der Waals surface area (Å²) in [6, 6.07) is 17.4. The molecular weight excluding hydrogens is 302 g/mol. The Labute approximate surface area is 140 Å². The molecule has 120 valence electrons. The second-order valence-corrected chi connectivity index (χ2v) is 5.49. The predicted octanol–water partition coefficient (Wildman–Crippen LogP) is 4.30. The number of carbonyl (C=O) groups is 1. The summed E-state index contributed by atoms with van der Waals surface area (Å²) in [5, 5.41) is 9.94. The molecule has 0 unspecified atom stereocenters. The van der Waals surface area contributed by atoms with Crippen LogP contribution < -0.4 is 4.74 Å². The van der Waals surface area contributed by atoms with Gasteiger partial charge in [0.05, 0.1) is 0 Å². The zero-order valence-corrected chi connectivity index (χ0v) is 13.3. The second kappa shape index (κ2) is 6.96. The van der Waals surface area contributed by atoms with Gasteiger partial charge in [-0.25, -0.2) is 4.79 Å². The van der Waals surface area contributed by atoms with Crippen molar-refractivity contribution in [2.45, 2.75) is 13.5 Å². The van der Waals surface area contributed by atoms with E-state index in [4.69, 9.17) is 9.84 Å². The fraction of sp³-hybridized carbons (Fsp3) is 0.100. The van der Waals surface area contributed by atoms with Crippen molar-refractivity contribution in [3.8, 4) is 5.75 Å². The lowest BCUT2D eigenvalue weighted by Crippen LogP contribution is -1.97. The molecule has 2 aromatic carbocycles. The third kappa shape index (κ3) is 3.60. The maximum absolute atomic E-state index is 10.8. The number of aliphatic carboxylic acids is 1. The van der Waals surface area contributed by atoms with Crippen molar-refractivity contribution < 1.29 is 14.6 Å². The van der Waals surface area contributed by atoms with Gasteiger partial charge in [0, 0.05) is 17.2 Å². The molecule has 1 heterocycles. The van der Waals surface area contributed by atoms with E-state index in [0.717, 1.165) is 27.8 Å². The number of carboxylic acids is 1. The molecule has 3 aromatic rings. The summed E-state index contributed by atoms with van der Waals surface area (Å²) in [5.41, 5.74) is 3.01. The van der Waals surface area contributed by atoms with Gasteiger partial charge in [-0.1, -0.05) is 42.5 Å². The molecule has 24 heavy (non-hydrogen) atoms. The van der Waals surface area contributed by atoms with Crippen LogP contribution in [0.2, 0.25) is 0 Å². The van der Waals surface area contributed by atoms with Crippen LogP contribution in [0.5, 0.6) is 5.75 Å². The maximum atomic E-state index is 10.8. The largest absolute Gasteiger partial charge is 0.487 e. The molecule has 0 bridgehead atoms. The average Bonchev–Trinajstić information content (AvgIpc) is 2.61. The van der Waals surface area contributed by atoms with E-state index in [1.54, 1.807) is 19.2 Å². The molecule has 4 nitrogen and oxygen atoms in total. The van der Waals surface area contributed by atoms with Gasteiger partial charge >= 0.3 is 5.97 Å². The van der Waals surface area contributed by atoms with Crippen molar-refractivity contribution >= 4 is 22.9 Å². The average molecular weight is 319 g/mol. The zero-order chi connectivity index (χ0) is 16.9. The highest BCUT2D eigenvalue weighted by atomic mass is 16.5. The Kier molecular flexibility index (Phi) is 4.57. The standard InChI is InChI=1S/C20H17NO3/c1-14(20(22)23)12-15-7-9-16(10-8-15)13-24-18-6-2-4-17-5-3-11-21-19(17)18/h2-12H,13H2,1H3,(H,22,23)/b14-12+. The molecule has 0 aliphatic carbocycles. The highest BCUT2D eigenvalue weighted by molar-refractivity contribution is 5.91. The Hall–Kier alpha value is -3.14. The summed E-state index contributed by atoms with van der Waals surface area (Å²) in [5.74, 6) is -0.162. The minimum atomic E-state index is -0.911. The Morgan fingerprint density at radius 3 is 2.62 bits per heavy atom. The number of hydrogen-bond acceptors (Lipinski definition) is 3. The minimum Gasteiger partial charge on any atom is -0.487 e. The fourth-order valence-electron chi connectivity index (χ4n) is 2.38. The van der Waals surface area contributed by atoms with Crippen LogP contribution in [0.3, 0.4) is 0 Å². The first kappa shape index (κ1) is 15.7. The third-order valence-electron chi connectivity index (χ3n) is 3.69. The van der Waals surface area contributed by atoms with Gasteiger partial charge in [0.25, 0.3) is 0 Å². The van der Waals surface area contributed by atoms with Crippen molar-refractivity contribution in [1.82, 2.24) is 4.98 Å². The number of benzene rings is 2. The molecule has 1 N–H and O–H groups in total. The maximum Gasteiger partial charge on any atom is 0.331 e. The highest BCUT2D eigenvalue weighted by Crippen LogP contribution is 2.24. The third-order valence-corrected chi connectivity index (χ3v) is 3.69. The molecule has 3 rings (SSSR count). The van der Waals surface area contributed by atoms with Crippen LogP contribution in [0.15, 0.2) is 66.4 Å². The first-order valence-electron chi connectivity index (χ1n) is 7.60. The van der Waals surface area contributed by atoms with Crippen LogP contribution in [0.25, 0.3) is 17.0 Å². The van der Waals surface area contributed by atoms with Crippen LogP contribution in [-0.2, 0) is 11.4 Å². The van der Waals surface area contributed by atoms with Crippen molar-refractivity contribution in [2.75, 3.05) is 0 Å². The number of carboxylic acid groups (broad SMARTS) is 1. The molecule has 0 amide bonds. The van der Waals surface area contributed by atoms with E-state index < -0.39 is 5.97 Å². The van der Waals surface area contributed by atoms with Gasteiger partial charge in [0.2, 0.25) is 0 Å². The molecule has 0 spiro atoms. The summed E-state index contributed by atoms with van der Waals surface area (Å²) in [4.78, 5) is 15.2. The molecule has 0 fully saturated rings. The summed E-state index contributed by atoms with van der Waals surface area (Å²) in [7, 11) is 0. The van der Waals surface area contributed by atoms with E-state index in [0.29, 0.717) is 12.2 Å². The van der Waals surface area contributed by atoms with Gasteiger partial charge in [-0.3, -0.25) is 4.98 Å². The van der Waals surface area contributed by atoms with Gasteiger partial charge in [0.1, 0.15) is 17.9 Å². The Morgan fingerprint density at radius 1 is 1.12 bits per heavy atom. The smallest absolute Gasteiger partial charge is 0.331 e. The van der Waals surface area contributed by atoms with Crippen molar-refractivity contribution in [3.63, 3.8) is 0 Å². The van der Waals surface area contributed by atoms with E-state index in [1.165, 1.54) is 0 Å². The van der Waals surface area contributed by atoms with Crippen LogP contribution in [0, 0.1) is 0 Å². The fourth-order valence-corrected chi connectivity index (χ4v) is 2.38. The number of para-hydroxylation sites is 1. The number of ether oxygens (including phenoxy) is 1. The van der Waals surface area contributed by atoms with Crippen LogP contribution in [0.1, 0.15) is 18.1 Å². The topological polar surface area (TPSA) is 59.4 Å². The first-order valence-corrected chi connectivity index (χ1v) is 7.60. The predicted molar refractivity (Wildman–Crippen MR) is 93.8 cm³/mol. The molecule has 1 aromatic heterocycles. The molecule has 0 aliphatic rings. The lowest BCUT2D eigenvalue weighted by Gasteiger charge is -2.09. The number of pyridine rings is 1. The summed E-state index contributed by atoms with van der Waals surface area (Å²) < 4.78 is 5.89. The van der Waals surface area contributed by atoms with Gasteiger partial charge in [-0.2, -0.15) is 0 Å². The molecule has 0 aliphatic heterocycles. The summed E-state index contributed by atoms with van der Waals surface area (Å²) in [6.45, 7) is 2.00. The SMILES string of the molecule is C/C(=C\c1ccc(COc2cccc3cccnc23)cc1)C(=O)O. The lowest BCUT2D eigenvalue weighted by atomic mass is 10.1. The summed E-state index contributed by atoms with van der Waals surface area (Å²) >= 11 is 0. The Morgan fingerprint density at radius 2 is 1.88 bits per heavy atom. The van der Waals surface area contributed by atoms with E-state index in [-0.39, 0.29) is 0 Å². The van der Waals surface area contributed by atoms with Crippen molar-refractivity contribution in [1.29, 1.82) is 0 Å². The summed E-state index contributed by atoms with van der Waals surface area (Å²) in [6.07, 6.45) is 3.39. The highest BCUT2D eigenvalue weighted by Gasteiger charge is 2.04. The first-order chi connectivity index (χ1) is 11.6. The number of aromatic nitrogens is 1.